The van der Waals surface area contributed by atoms with Crippen molar-refractivity contribution in [3.63, 3.8) is 0 Å². The van der Waals surface area contributed by atoms with Crippen LogP contribution in [0.4, 0.5) is 5.82 Å². The molecular weight excluding hydrogens is 392 g/mol. The smallest absolute Gasteiger partial charge is 0.158 e. The largest absolute Gasteiger partial charge is 0.494 e. The lowest BCUT2D eigenvalue weighted by Crippen LogP contribution is -2.28. The van der Waals surface area contributed by atoms with Gasteiger partial charge >= 0.3 is 0 Å². The van der Waals surface area contributed by atoms with Crippen molar-refractivity contribution >= 4 is 33.6 Å². The maximum absolute atomic E-state index is 5.49. The lowest BCUT2D eigenvalue weighted by molar-refractivity contribution is 0.184. The Morgan fingerprint density at radius 1 is 1.23 bits per heavy atom. The molecule has 0 spiro atoms. The van der Waals surface area contributed by atoms with E-state index in [2.05, 4.69) is 41.3 Å². The highest BCUT2D eigenvalue weighted by Crippen LogP contribution is 2.45. The summed E-state index contributed by atoms with van der Waals surface area (Å²) in [5, 5.41) is 5.60. The molecule has 0 fully saturated rings. The lowest BCUT2D eigenvalue weighted by atomic mass is 9.69. The fourth-order valence-electron chi connectivity index (χ4n) is 4.13. The molecule has 2 aromatic heterocycles. The van der Waals surface area contributed by atoms with Gasteiger partial charge in [0.15, 0.2) is 5.82 Å². The van der Waals surface area contributed by atoms with Gasteiger partial charge in [0.05, 0.1) is 18.2 Å². The molecule has 6 heteroatoms. The van der Waals surface area contributed by atoms with Gasteiger partial charge in [-0.25, -0.2) is 9.97 Å². The number of thiophene rings is 1. The minimum absolute atomic E-state index is 0.348. The Morgan fingerprint density at radius 3 is 2.77 bits per heavy atom. The number of hydrogen-bond acceptors (Lipinski definition) is 6. The number of hydrogen-bond donors (Lipinski definition) is 1. The van der Waals surface area contributed by atoms with Gasteiger partial charge in [-0.1, -0.05) is 27.2 Å². The van der Waals surface area contributed by atoms with Gasteiger partial charge in [0.25, 0.3) is 0 Å². The first kappa shape index (κ1) is 20.8. The van der Waals surface area contributed by atoms with E-state index in [0.29, 0.717) is 17.9 Å². The van der Waals surface area contributed by atoms with E-state index >= 15 is 0 Å². The first-order valence-electron chi connectivity index (χ1n) is 10.8. The molecule has 0 bridgehead atoms. The fourth-order valence-corrected chi connectivity index (χ4v) is 5.32. The first-order valence-corrected chi connectivity index (χ1v) is 11.6. The summed E-state index contributed by atoms with van der Waals surface area (Å²) in [4.78, 5) is 11.6. The number of hydrazone groups is 1. The fraction of sp³-hybridized carbons (Fsp3) is 0.458. The zero-order valence-corrected chi connectivity index (χ0v) is 19.1. The SMILES string of the molecule is CCOc1ccc(C=NNc2ncnc3sc4c(c23)CC(C(C)(C)CC)CC4)cc1. The van der Waals surface area contributed by atoms with Gasteiger partial charge in [0, 0.05) is 4.88 Å². The highest BCUT2D eigenvalue weighted by molar-refractivity contribution is 7.19. The van der Waals surface area contributed by atoms with Gasteiger partial charge in [-0.15, -0.1) is 11.3 Å². The topological polar surface area (TPSA) is 59.4 Å². The monoisotopic (exact) mass is 422 g/mol. The third-order valence-electron chi connectivity index (χ3n) is 6.43. The third-order valence-corrected chi connectivity index (χ3v) is 7.63. The van der Waals surface area contributed by atoms with Crippen molar-refractivity contribution in [2.24, 2.45) is 16.4 Å². The summed E-state index contributed by atoms with van der Waals surface area (Å²) in [6.45, 7) is 9.74. The van der Waals surface area contributed by atoms with Crippen molar-refractivity contribution in [2.75, 3.05) is 12.0 Å². The molecule has 0 amide bonds. The summed E-state index contributed by atoms with van der Waals surface area (Å²) in [6, 6.07) is 7.91. The van der Waals surface area contributed by atoms with E-state index in [-0.39, 0.29) is 0 Å². The summed E-state index contributed by atoms with van der Waals surface area (Å²) in [6.07, 6.45) is 8.13. The number of nitrogens with zero attached hydrogens (tertiary/aromatic N) is 3. The molecule has 158 valence electrons. The molecule has 0 saturated heterocycles. The second kappa shape index (κ2) is 8.72. The number of aryl methyl sites for hydroxylation is 1. The Hall–Kier alpha value is -2.47. The average molecular weight is 423 g/mol. The van der Waals surface area contributed by atoms with Crippen molar-refractivity contribution < 1.29 is 4.74 Å². The van der Waals surface area contributed by atoms with Crippen LogP contribution in [-0.4, -0.2) is 22.8 Å². The van der Waals surface area contributed by atoms with Crippen molar-refractivity contribution in [1.29, 1.82) is 0 Å². The molecule has 3 aromatic rings. The molecule has 1 aliphatic rings. The van der Waals surface area contributed by atoms with Crippen LogP contribution in [0.5, 0.6) is 5.75 Å². The van der Waals surface area contributed by atoms with Crippen LogP contribution in [0.15, 0.2) is 35.7 Å². The third kappa shape index (κ3) is 4.19. The highest BCUT2D eigenvalue weighted by Gasteiger charge is 2.33. The number of anilines is 1. The summed E-state index contributed by atoms with van der Waals surface area (Å²) < 4.78 is 5.49. The van der Waals surface area contributed by atoms with Gasteiger partial charge in [-0.3, -0.25) is 5.43 Å². The maximum Gasteiger partial charge on any atom is 0.158 e. The van der Waals surface area contributed by atoms with E-state index in [1.165, 1.54) is 23.3 Å². The van der Waals surface area contributed by atoms with E-state index in [9.17, 15) is 0 Å². The number of aromatic nitrogens is 2. The molecule has 0 radical (unpaired) electrons. The van der Waals surface area contributed by atoms with Gasteiger partial charge < -0.3 is 4.74 Å². The summed E-state index contributed by atoms with van der Waals surface area (Å²) >= 11 is 1.81. The van der Waals surface area contributed by atoms with Crippen molar-refractivity contribution in [1.82, 2.24) is 9.97 Å². The van der Waals surface area contributed by atoms with Crippen LogP contribution in [0.3, 0.4) is 0 Å². The molecule has 1 unspecified atom stereocenters. The standard InChI is InChI=1S/C24H30N4OS/c1-5-24(3,4)17-9-12-20-19(13-17)21-22(25-15-26-23(21)30-20)28-27-14-16-7-10-18(11-8-16)29-6-2/h7-8,10-11,14-15,17H,5-6,9,12-13H2,1-4H3,(H,25,26,28). The maximum atomic E-state index is 5.49. The van der Waals surface area contributed by atoms with Gasteiger partial charge in [0.2, 0.25) is 0 Å². The first-order chi connectivity index (χ1) is 14.5. The van der Waals surface area contributed by atoms with Crippen molar-refractivity contribution in [2.45, 2.75) is 53.4 Å². The Morgan fingerprint density at radius 2 is 2.03 bits per heavy atom. The molecule has 30 heavy (non-hydrogen) atoms. The molecule has 0 aliphatic heterocycles. The van der Waals surface area contributed by atoms with E-state index in [4.69, 9.17) is 4.74 Å². The van der Waals surface area contributed by atoms with Crippen molar-refractivity contribution in [3.8, 4) is 5.75 Å². The van der Waals surface area contributed by atoms with E-state index < -0.39 is 0 Å². The number of ether oxygens (including phenoxy) is 1. The summed E-state index contributed by atoms with van der Waals surface area (Å²) in [7, 11) is 0. The van der Waals surface area contributed by atoms with E-state index in [1.807, 2.05) is 48.7 Å². The van der Waals surface area contributed by atoms with Crippen LogP contribution in [0.25, 0.3) is 10.2 Å². The molecular formula is C24H30N4OS. The number of fused-ring (bicyclic) bond motifs is 3. The van der Waals surface area contributed by atoms with Crippen molar-refractivity contribution in [3.05, 3.63) is 46.6 Å². The zero-order chi connectivity index (χ0) is 21.1. The summed E-state index contributed by atoms with van der Waals surface area (Å²) in [5.41, 5.74) is 5.95. The molecule has 0 saturated carbocycles. The van der Waals surface area contributed by atoms with E-state index in [1.54, 1.807) is 6.33 Å². The molecule has 4 rings (SSSR count). The predicted octanol–water partition coefficient (Wildman–Crippen LogP) is 6.08. The number of benzene rings is 1. The quantitative estimate of drug-likeness (QED) is 0.370. The van der Waals surface area contributed by atoms with Crippen LogP contribution in [0.2, 0.25) is 0 Å². The Kier molecular flexibility index (Phi) is 6.04. The minimum atomic E-state index is 0.348. The van der Waals surface area contributed by atoms with Crippen LogP contribution in [0, 0.1) is 11.3 Å². The Labute approximate surface area is 182 Å². The summed E-state index contributed by atoms with van der Waals surface area (Å²) in [5.74, 6) is 2.36. The zero-order valence-electron chi connectivity index (χ0n) is 18.2. The van der Waals surface area contributed by atoms with Crippen LogP contribution in [0.1, 0.15) is 56.5 Å². The molecule has 1 aliphatic carbocycles. The average Bonchev–Trinajstić information content (AvgIpc) is 3.14. The lowest BCUT2D eigenvalue weighted by Gasteiger charge is -2.36. The number of rotatable bonds is 7. The predicted molar refractivity (Wildman–Crippen MR) is 126 cm³/mol. The Bertz CT molecular complexity index is 1040. The van der Waals surface area contributed by atoms with Gasteiger partial charge in [0.1, 0.15) is 16.9 Å². The second-order valence-corrected chi connectivity index (χ2v) is 9.64. The number of nitrogens with one attached hydrogen (secondary N) is 1. The minimum Gasteiger partial charge on any atom is -0.494 e. The molecule has 1 atom stereocenters. The van der Waals surface area contributed by atoms with Crippen LogP contribution >= 0.6 is 11.3 Å². The second-order valence-electron chi connectivity index (χ2n) is 8.56. The Balaban J connectivity index is 1.57. The van der Waals surface area contributed by atoms with Crippen LogP contribution < -0.4 is 10.2 Å². The van der Waals surface area contributed by atoms with E-state index in [0.717, 1.165) is 40.2 Å². The molecule has 2 heterocycles. The molecule has 1 aromatic carbocycles. The molecule has 1 N–H and O–H groups in total. The van der Waals surface area contributed by atoms with Gasteiger partial charge in [-0.2, -0.15) is 5.10 Å². The highest BCUT2D eigenvalue weighted by atomic mass is 32.1. The van der Waals surface area contributed by atoms with Gasteiger partial charge in [-0.05, 0) is 72.9 Å². The normalized spacial score (nSPS) is 16.7. The molecule has 5 nitrogen and oxygen atoms in total. The van der Waals surface area contributed by atoms with Crippen LogP contribution in [-0.2, 0) is 12.8 Å².